The quantitative estimate of drug-likeness (QED) is 0.875. The summed E-state index contributed by atoms with van der Waals surface area (Å²) in [5.41, 5.74) is 2.80. The number of carboxylic acid groups (broad SMARTS) is 1. The second kappa shape index (κ2) is 4.13. The van der Waals surface area contributed by atoms with Crippen LogP contribution in [0.3, 0.4) is 0 Å². The monoisotopic (exact) mass is 236 g/mol. The van der Waals surface area contributed by atoms with Gasteiger partial charge in [-0.1, -0.05) is 18.2 Å². The lowest BCUT2D eigenvalue weighted by Gasteiger charge is -2.44. The molecule has 1 aromatic carbocycles. The van der Waals surface area contributed by atoms with Crippen molar-refractivity contribution in [1.29, 1.82) is 0 Å². The molecule has 17 heavy (non-hydrogen) atoms. The summed E-state index contributed by atoms with van der Waals surface area (Å²) in [4.78, 5) is 10.9. The number of carbonyl (C=O) groups is 1. The van der Waals surface area contributed by atoms with Crippen molar-refractivity contribution in [2.24, 2.45) is 0 Å². The number of hydrogen-bond acceptors (Lipinski definition) is 1. The molecule has 0 unspecified atom stereocenters. The van der Waals surface area contributed by atoms with Crippen LogP contribution in [0.15, 0.2) is 18.2 Å². The zero-order valence-corrected chi connectivity index (χ0v) is 10.2. The van der Waals surface area contributed by atoms with Gasteiger partial charge in [0.05, 0.1) is 6.42 Å². The molecule has 1 fully saturated rings. The zero-order chi connectivity index (χ0) is 12.6. The molecule has 1 aromatic rings. The minimum absolute atomic E-state index is 0.0237. The van der Waals surface area contributed by atoms with Crippen molar-refractivity contribution in [2.45, 2.75) is 44.7 Å². The highest BCUT2D eigenvalue weighted by Gasteiger charge is 2.47. The van der Waals surface area contributed by atoms with E-state index in [2.05, 4.69) is 0 Å². The normalized spacial score (nSPS) is 27.6. The molecule has 2 rings (SSSR count). The van der Waals surface area contributed by atoms with Gasteiger partial charge in [0.15, 0.2) is 0 Å². The Balaban J connectivity index is 2.33. The fourth-order valence-electron chi connectivity index (χ4n) is 2.63. The number of alkyl halides is 1. The summed E-state index contributed by atoms with van der Waals surface area (Å²) >= 11 is 0. The van der Waals surface area contributed by atoms with Crippen LogP contribution in [-0.2, 0) is 10.2 Å². The van der Waals surface area contributed by atoms with Crippen molar-refractivity contribution < 1.29 is 14.3 Å². The fourth-order valence-corrected chi connectivity index (χ4v) is 2.63. The van der Waals surface area contributed by atoms with E-state index >= 15 is 0 Å². The van der Waals surface area contributed by atoms with E-state index in [9.17, 15) is 9.18 Å². The molecule has 3 heteroatoms. The minimum Gasteiger partial charge on any atom is -0.481 e. The number of rotatable bonds is 3. The van der Waals surface area contributed by atoms with Gasteiger partial charge in [0, 0.05) is 5.41 Å². The molecule has 0 spiro atoms. The summed E-state index contributed by atoms with van der Waals surface area (Å²) in [7, 11) is 0. The largest absolute Gasteiger partial charge is 0.481 e. The van der Waals surface area contributed by atoms with Gasteiger partial charge in [-0.3, -0.25) is 4.79 Å². The van der Waals surface area contributed by atoms with E-state index in [4.69, 9.17) is 5.11 Å². The summed E-state index contributed by atoms with van der Waals surface area (Å²) in [6, 6.07) is 5.93. The molecule has 0 aromatic heterocycles. The Kier molecular flexibility index (Phi) is 2.94. The van der Waals surface area contributed by atoms with Gasteiger partial charge in [-0.2, -0.15) is 0 Å². The molecule has 0 heterocycles. The van der Waals surface area contributed by atoms with Crippen molar-refractivity contribution in [3.63, 3.8) is 0 Å². The molecule has 0 bridgehead atoms. The molecule has 1 aliphatic rings. The molecule has 0 atom stereocenters. The van der Waals surface area contributed by atoms with Gasteiger partial charge in [0.2, 0.25) is 0 Å². The number of benzene rings is 1. The van der Waals surface area contributed by atoms with Crippen molar-refractivity contribution in [3.8, 4) is 0 Å². The third-order valence-electron chi connectivity index (χ3n) is 3.83. The van der Waals surface area contributed by atoms with E-state index in [1.54, 1.807) is 0 Å². The third kappa shape index (κ3) is 2.19. The highest BCUT2D eigenvalue weighted by atomic mass is 19.1. The second-order valence-electron chi connectivity index (χ2n) is 5.16. The first-order valence-electron chi connectivity index (χ1n) is 5.86. The molecule has 0 amide bonds. The number of aryl methyl sites for hydroxylation is 2. The van der Waals surface area contributed by atoms with Gasteiger partial charge in [-0.25, -0.2) is 4.39 Å². The third-order valence-corrected chi connectivity index (χ3v) is 3.83. The van der Waals surface area contributed by atoms with E-state index in [1.165, 1.54) is 5.56 Å². The lowest BCUT2D eigenvalue weighted by molar-refractivity contribution is -0.140. The molecular formula is C14H17FO2. The molecular weight excluding hydrogens is 219 g/mol. The van der Waals surface area contributed by atoms with Crippen molar-refractivity contribution in [3.05, 3.63) is 34.9 Å². The average Bonchev–Trinajstić information content (AvgIpc) is 2.18. The predicted molar refractivity (Wildman–Crippen MR) is 64.0 cm³/mol. The molecule has 0 aliphatic heterocycles. The Morgan fingerprint density at radius 3 is 2.53 bits per heavy atom. The SMILES string of the molecule is Cc1ccc(C2(CC(=O)O)CC(F)C2)cc1C. The summed E-state index contributed by atoms with van der Waals surface area (Å²) < 4.78 is 13.1. The van der Waals surface area contributed by atoms with Crippen LogP contribution in [0.1, 0.15) is 36.0 Å². The summed E-state index contributed by atoms with van der Waals surface area (Å²) in [6.45, 7) is 4.01. The minimum atomic E-state index is -0.852. The first-order chi connectivity index (χ1) is 7.93. The molecule has 1 saturated carbocycles. The number of aliphatic carboxylic acids is 1. The Morgan fingerprint density at radius 1 is 1.41 bits per heavy atom. The second-order valence-corrected chi connectivity index (χ2v) is 5.16. The first kappa shape index (κ1) is 12.1. The van der Waals surface area contributed by atoms with E-state index < -0.39 is 17.6 Å². The van der Waals surface area contributed by atoms with Crippen LogP contribution in [0.2, 0.25) is 0 Å². The molecule has 0 saturated heterocycles. The van der Waals surface area contributed by atoms with E-state index in [0.717, 1.165) is 11.1 Å². The molecule has 0 radical (unpaired) electrons. The van der Waals surface area contributed by atoms with Crippen LogP contribution in [0, 0.1) is 13.8 Å². The summed E-state index contributed by atoms with van der Waals surface area (Å²) in [5, 5.41) is 8.96. The van der Waals surface area contributed by atoms with E-state index in [1.807, 2.05) is 32.0 Å². The predicted octanol–water partition coefficient (Wildman–Crippen LogP) is 3.15. The van der Waals surface area contributed by atoms with Crippen LogP contribution in [0.25, 0.3) is 0 Å². The molecule has 2 nitrogen and oxygen atoms in total. The van der Waals surface area contributed by atoms with Crippen molar-refractivity contribution in [2.75, 3.05) is 0 Å². The lowest BCUT2D eigenvalue weighted by atomic mass is 9.61. The highest BCUT2D eigenvalue weighted by molar-refractivity contribution is 5.69. The van der Waals surface area contributed by atoms with Crippen LogP contribution >= 0.6 is 0 Å². The average molecular weight is 236 g/mol. The Labute approximate surface area is 100 Å². The van der Waals surface area contributed by atoms with Crippen LogP contribution in [-0.4, -0.2) is 17.2 Å². The van der Waals surface area contributed by atoms with Crippen LogP contribution < -0.4 is 0 Å². The summed E-state index contributed by atoms with van der Waals surface area (Å²) in [6.07, 6.45) is -0.157. The van der Waals surface area contributed by atoms with Gasteiger partial charge in [-0.15, -0.1) is 0 Å². The zero-order valence-electron chi connectivity index (χ0n) is 10.2. The lowest BCUT2D eigenvalue weighted by Crippen LogP contribution is -2.44. The fraction of sp³-hybridized carbons (Fsp3) is 0.500. The Hall–Kier alpha value is -1.38. The molecule has 92 valence electrons. The molecule has 1 N–H and O–H groups in total. The smallest absolute Gasteiger partial charge is 0.304 e. The van der Waals surface area contributed by atoms with E-state index in [-0.39, 0.29) is 6.42 Å². The van der Waals surface area contributed by atoms with Crippen molar-refractivity contribution in [1.82, 2.24) is 0 Å². The first-order valence-corrected chi connectivity index (χ1v) is 5.86. The topological polar surface area (TPSA) is 37.3 Å². The van der Waals surface area contributed by atoms with E-state index in [0.29, 0.717) is 12.8 Å². The van der Waals surface area contributed by atoms with Gasteiger partial charge in [-0.05, 0) is 43.4 Å². The highest BCUT2D eigenvalue weighted by Crippen LogP contribution is 2.48. The number of halogens is 1. The van der Waals surface area contributed by atoms with Gasteiger partial charge in [0.1, 0.15) is 6.17 Å². The molecule has 1 aliphatic carbocycles. The van der Waals surface area contributed by atoms with Gasteiger partial charge in [0.25, 0.3) is 0 Å². The van der Waals surface area contributed by atoms with Crippen LogP contribution in [0.5, 0.6) is 0 Å². The number of carboxylic acids is 1. The van der Waals surface area contributed by atoms with Crippen LogP contribution in [0.4, 0.5) is 4.39 Å². The summed E-state index contributed by atoms with van der Waals surface area (Å²) in [5.74, 6) is -0.852. The maximum atomic E-state index is 13.1. The Bertz CT molecular complexity index is 448. The number of hydrogen-bond donors (Lipinski definition) is 1. The van der Waals surface area contributed by atoms with Gasteiger partial charge >= 0.3 is 5.97 Å². The standard InChI is InChI=1S/C14H17FO2/c1-9-3-4-11(5-10(9)2)14(8-13(16)17)6-12(15)7-14/h3-5,12H,6-8H2,1-2H3,(H,16,17). The maximum Gasteiger partial charge on any atom is 0.304 e. The van der Waals surface area contributed by atoms with Gasteiger partial charge < -0.3 is 5.11 Å². The Morgan fingerprint density at radius 2 is 2.06 bits per heavy atom. The maximum absolute atomic E-state index is 13.1. The van der Waals surface area contributed by atoms with Crippen molar-refractivity contribution >= 4 is 5.97 Å².